The van der Waals surface area contributed by atoms with Gasteiger partial charge in [-0.25, -0.2) is 9.18 Å². The molecule has 5 heteroatoms. The van der Waals surface area contributed by atoms with Gasteiger partial charge in [-0.2, -0.15) is 0 Å². The number of hydrogen-bond acceptors (Lipinski definition) is 4. The predicted octanol–water partition coefficient (Wildman–Crippen LogP) is 4.25. The first-order chi connectivity index (χ1) is 11.1. The lowest BCUT2D eigenvalue weighted by Crippen LogP contribution is -2.05. The zero-order valence-electron chi connectivity index (χ0n) is 12.8. The number of rotatable bonds is 4. The maximum atomic E-state index is 13.6. The molecule has 0 aliphatic rings. The van der Waals surface area contributed by atoms with Crippen molar-refractivity contribution in [1.82, 2.24) is 0 Å². The van der Waals surface area contributed by atoms with Crippen molar-refractivity contribution < 1.29 is 23.1 Å². The van der Waals surface area contributed by atoms with E-state index in [9.17, 15) is 9.18 Å². The molecule has 0 saturated carbocycles. The average molecular weight is 314 g/mol. The molecule has 0 saturated heterocycles. The van der Waals surface area contributed by atoms with Gasteiger partial charge in [-0.1, -0.05) is 24.3 Å². The zero-order chi connectivity index (χ0) is 16.4. The maximum Gasteiger partial charge on any atom is 0.374 e. The summed E-state index contributed by atoms with van der Waals surface area (Å²) in [5.74, 6) is -0.760. The van der Waals surface area contributed by atoms with Gasteiger partial charge in [0.1, 0.15) is 12.2 Å². The number of hydrogen-bond donors (Lipinski definition) is 0. The fourth-order valence-electron chi connectivity index (χ4n) is 2.38. The van der Waals surface area contributed by atoms with Crippen molar-refractivity contribution in [3.63, 3.8) is 0 Å². The van der Waals surface area contributed by atoms with E-state index in [1.54, 1.807) is 19.1 Å². The first-order valence-corrected chi connectivity index (χ1v) is 7.08. The Balaban J connectivity index is 1.76. The minimum Gasteiger partial charge on any atom is -0.494 e. The van der Waals surface area contributed by atoms with E-state index in [2.05, 4.69) is 0 Å². The van der Waals surface area contributed by atoms with Gasteiger partial charge in [-0.3, -0.25) is 0 Å². The SMILES string of the molecule is COc1ccc(COC(=O)c2oc3ccccc3c2C)cc1F. The highest BCUT2D eigenvalue weighted by Gasteiger charge is 2.19. The van der Waals surface area contributed by atoms with E-state index in [0.29, 0.717) is 11.1 Å². The van der Waals surface area contributed by atoms with Crippen LogP contribution in [-0.4, -0.2) is 13.1 Å². The largest absolute Gasteiger partial charge is 0.494 e. The zero-order valence-corrected chi connectivity index (χ0v) is 12.8. The van der Waals surface area contributed by atoms with E-state index in [1.807, 2.05) is 18.2 Å². The van der Waals surface area contributed by atoms with Crippen molar-refractivity contribution in [3.05, 3.63) is 65.2 Å². The van der Waals surface area contributed by atoms with E-state index in [1.165, 1.54) is 19.2 Å². The summed E-state index contributed by atoms with van der Waals surface area (Å²) in [5.41, 5.74) is 1.89. The maximum absolute atomic E-state index is 13.6. The molecule has 23 heavy (non-hydrogen) atoms. The quantitative estimate of drug-likeness (QED) is 0.676. The highest BCUT2D eigenvalue weighted by atomic mass is 19.1. The van der Waals surface area contributed by atoms with Crippen LogP contribution in [0.5, 0.6) is 5.75 Å². The number of fused-ring (bicyclic) bond motifs is 1. The third-order valence-corrected chi connectivity index (χ3v) is 3.62. The molecular formula is C18H15FO4. The van der Waals surface area contributed by atoms with Crippen LogP contribution in [-0.2, 0) is 11.3 Å². The van der Waals surface area contributed by atoms with Crippen LogP contribution < -0.4 is 4.74 Å². The van der Waals surface area contributed by atoms with Gasteiger partial charge in [0.15, 0.2) is 11.6 Å². The first-order valence-electron chi connectivity index (χ1n) is 7.08. The minimum absolute atomic E-state index is 0.0454. The fourth-order valence-corrected chi connectivity index (χ4v) is 2.38. The number of methoxy groups -OCH3 is 1. The van der Waals surface area contributed by atoms with Crippen molar-refractivity contribution in [3.8, 4) is 5.75 Å². The van der Waals surface area contributed by atoms with Crippen molar-refractivity contribution in [2.45, 2.75) is 13.5 Å². The molecule has 0 aliphatic heterocycles. The van der Waals surface area contributed by atoms with Gasteiger partial charge in [0.25, 0.3) is 0 Å². The van der Waals surface area contributed by atoms with E-state index < -0.39 is 11.8 Å². The number of furan rings is 1. The predicted molar refractivity (Wildman–Crippen MR) is 83.0 cm³/mol. The molecule has 0 fully saturated rings. The first kappa shape index (κ1) is 15.1. The van der Waals surface area contributed by atoms with Crippen LogP contribution in [0.4, 0.5) is 4.39 Å². The Kier molecular flexibility index (Phi) is 4.02. The number of halogens is 1. The number of benzene rings is 2. The Labute approximate surface area is 132 Å². The minimum atomic E-state index is -0.574. The molecule has 0 N–H and O–H groups in total. The molecule has 0 aliphatic carbocycles. The lowest BCUT2D eigenvalue weighted by molar-refractivity contribution is 0.0437. The van der Waals surface area contributed by atoms with Gasteiger partial charge in [-0.15, -0.1) is 0 Å². The van der Waals surface area contributed by atoms with Crippen molar-refractivity contribution in [1.29, 1.82) is 0 Å². The second kappa shape index (κ2) is 6.12. The number of para-hydroxylation sites is 1. The Bertz CT molecular complexity index is 867. The molecule has 3 rings (SSSR count). The fraction of sp³-hybridized carbons (Fsp3) is 0.167. The second-order valence-corrected chi connectivity index (χ2v) is 5.10. The standard InChI is InChI=1S/C18H15FO4/c1-11-13-5-3-4-6-15(13)23-17(11)18(20)22-10-12-7-8-16(21-2)14(19)9-12/h3-9H,10H2,1-2H3. The van der Waals surface area contributed by atoms with Crippen LogP contribution in [0.1, 0.15) is 21.7 Å². The van der Waals surface area contributed by atoms with Crippen LogP contribution in [0.25, 0.3) is 11.0 Å². The number of ether oxygens (including phenoxy) is 2. The Hall–Kier alpha value is -2.82. The summed E-state index contributed by atoms with van der Waals surface area (Å²) < 4.78 is 29.2. The molecule has 0 spiro atoms. The molecule has 0 amide bonds. The number of carbonyl (C=O) groups is 1. The summed E-state index contributed by atoms with van der Waals surface area (Å²) in [6.07, 6.45) is 0. The van der Waals surface area contributed by atoms with Gasteiger partial charge < -0.3 is 13.9 Å². The normalized spacial score (nSPS) is 10.7. The van der Waals surface area contributed by atoms with Crippen molar-refractivity contribution >= 4 is 16.9 Å². The topological polar surface area (TPSA) is 48.7 Å². The molecule has 0 radical (unpaired) electrons. The molecule has 2 aromatic carbocycles. The monoisotopic (exact) mass is 314 g/mol. The summed E-state index contributed by atoms with van der Waals surface area (Å²) in [6, 6.07) is 11.8. The van der Waals surface area contributed by atoms with Gasteiger partial charge in [0.2, 0.25) is 5.76 Å². The number of carbonyl (C=O) groups excluding carboxylic acids is 1. The molecule has 1 heterocycles. The van der Waals surface area contributed by atoms with E-state index in [-0.39, 0.29) is 18.1 Å². The molecular weight excluding hydrogens is 299 g/mol. The summed E-state index contributed by atoms with van der Waals surface area (Å²) >= 11 is 0. The van der Waals surface area contributed by atoms with E-state index in [4.69, 9.17) is 13.9 Å². The van der Waals surface area contributed by atoms with Crippen LogP contribution >= 0.6 is 0 Å². The van der Waals surface area contributed by atoms with Crippen LogP contribution in [0.3, 0.4) is 0 Å². The van der Waals surface area contributed by atoms with Gasteiger partial charge in [0.05, 0.1) is 7.11 Å². The third kappa shape index (κ3) is 2.90. The van der Waals surface area contributed by atoms with E-state index in [0.717, 1.165) is 10.9 Å². The van der Waals surface area contributed by atoms with Crippen molar-refractivity contribution in [2.24, 2.45) is 0 Å². The molecule has 3 aromatic rings. The molecule has 0 atom stereocenters. The van der Waals surface area contributed by atoms with E-state index >= 15 is 0 Å². The molecule has 1 aromatic heterocycles. The smallest absolute Gasteiger partial charge is 0.374 e. The lowest BCUT2D eigenvalue weighted by atomic mass is 10.1. The Morgan fingerprint density at radius 1 is 1.22 bits per heavy atom. The number of esters is 1. The average Bonchev–Trinajstić information content (AvgIpc) is 2.90. The summed E-state index contributed by atoms with van der Waals surface area (Å²) in [6.45, 7) is 1.76. The summed E-state index contributed by atoms with van der Waals surface area (Å²) in [4.78, 5) is 12.2. The van der Waals surface area contributed by atoms with Gasteiger partial charge in [-0.05, 0) is 30.7 Å². The highest BCUT2D eigenvalue weighted by Crippen LogP contribution is 2.26. The molecule has 0 bridgehead atoms. The Morgan fingerprint density at radius 2 is 2.00 bits per heavy atom. The van der Waals surface area contributed by atoms with Crippen LogP contribution in [0, 0.1) is 12.7 Å². The van der Waals surface area contributed by atoms with Crippen LogP contribution in [0.15, 0.2) is 46.9 Å². The molecule has 0 unspecified atom stereocenters. The van der Waals surface area contributed by atoms with Gasteiger partial charge >= 0.3 is 5.97 Å². The van der Waals surface area contributed by atoms with Crippen LogP contribution in [0.2, 0.25) is 0 Å². The molecule has 4 nitrogen and oxygen atoms in total. The van der Waals surface area contributed by atoms with Crippen molar-refractivity contribution in [2.75, 3.05) is 7.11 Å². The summed E-state index contributed by atoms with van der Waals surface area (Å²) in [7, 11) is 1.39. The second-order valence-electron chi connectivity index (χ2n) is 5.10. The van der Waals surface area contributed by atoms with Gasteiger partial charge in [0, 0.05) is 10.9 Å². The molecule has 118 valence electrons. The Morgan fingerprint density at radius 3 is 2.70 bits per heavy atom. The summed E-state index contributed by atoms with van der Waals surface area (Å²) in [5, 5.41) is 0.870. The number of aryl methyl sites for hydroxylation is 1. The third-order valence-electron chi connectivity index (χ3n) is 3.62. The highest BCUT2D eigenvalue weighted by molar-refractivity contribution is 5.95. The lowest BCUT2D eigenvalue weighted by Gasteiger charge is -2.06.